The van der Waals surface area contributed by atoms with Gasteiger partial charge in [0.05, 0.1) is 17.1 Å². The highest BCUT2D eigenvalue weighted by atomic mass is 16.3. The minimum Gasteiger partial charge on any atom is -0.506 e. The molecular weight excluding hydrogens is 370 g/mol. The van der Waals surface area contributed by atoms with E-state index in [1.165, 1.54) is 43.2 Å². The Kier molecular flexibility index (Phi) is 4.55. The summed E-state index contributed by atoms with van der Waals surface area (Å²) in [5.74, 6) is 0.377. The van der Waals surface area contributed by atoms with Gasteiger partial charge in [0, 0.05) is 25.6 Å². The lowest BCUT2D eigenvalue weighted by atomic mass is 9.45. The highest BCUT2D eigenvalue weighted by Gasteiger charge is 2.60. The minimum absolute atomic E-state index is 0.216. The largest absolute Gasteiger partial charge is 0.506 e. The van der Waals surface area contributed by atoms with E-state index in [1.807, 2.05) is 26.2 Å². The van der Waals surface area contributed by atoms with Crippen molar-refractivity contribution in [3.63, 3.8) is 0 Å². The highest BCUT2D eigenvalue weighted by Crippen LogP contribution is 2.63. The van der Waals surface area contributed by atoms with Crippen LogP contribution in [0.2, 0.25) is 0 Å². The van der Waals surface area contributed by atoms with E-state index in [4.69, 9.17) is 0 Å². The lowest BCUT2D eigenvalue weighted by molar-refractivity contribution is -0.0735. The molecule has 1 saturated heterocycles. The number of nitrogens with one attached hydrogen (secondary N) is 1. The summed E-state index contributed by atoms with van der Waals surface area (Å²) >= 11 is 0. The molecule has 0 aromatic heterocycles. The number of rotatable bonds is 3. The fourth-order valence-corrected chi connectivity index (χ4v) is 6.98. The van der Waals surface area contributed by atoms with Gasteiger partial charge in [-0.25, -0.2) is 0 Å². The van der Waals surface area contributed by atoms with Crippen molar-refractivity contribution < 1.29 is 5.11 Å². The molecule has 3 aliphatic rings. The molecule has 1 heterocycles. The van der Waals surface area contributed by atoms with Crippen molar-refractivity contribution in [2.75, 3.05) is 37.9 Å². The van der Waals surface area contributed by atoms with Crippen molar-refractivity contribution in [3.05, 3.63) is 47.5 Å². The third-order valence-electron chi connectivity index (χ3n) is 8.61. The van der Waals surface area contributed by atoms with Gasteiger partial charge >= 0.3 is 0 Å². The molecule has 2 aromatic carbocycles. The molecule has 2 fully saturated rings. The second kappa shape index (κ2) is 6.91. The van der Waals surface area contributed by atoms with Gasteiger partial charge in [0.25, 0.3) is 0 Å². The van der Waals surface area contributed by atoms with Crippen LogP contribution in [0.4, 0.5) is 17.1 Å². The maximum atomic E-state index is 11.1. The number of likely N-dealkylation sites (N-methyl/N-ethyl adjacent to an activating group) is 1. The first-order valence-corrected chi connectivity index (χ1v) is 11.5. The zero-order chi connectivity index (χ0) is 21.1. The van der Waals surface area contributed by atoms with Crippen molar-refractivity contribution in [2.45, 2.75) is 56.9 Å². The van der Waals surface area contributed by atoms with Crippen LogP contribution in [-0.2, 0) is 11.8 Å². The Morgan fingerprint density at radius 3 is 2.63 bits per heavy atom. The molecule has 1 aliphatic heterocycles. The molecule has 3 atom stereocenters. The summed E-state index contributed by atoms with van der Waals surface area (Å²) in [6.07, 6.45) is 7.50. The number of para-hydroxylation sites is 2. The van der Waals surface area contributed by atoms with Gasteiger partial charge in [0.15, 0.2) is 0 Å². The first-order valence-electron chi connectivity index (χ1n) is 11.5. The molecule has 5 rings (SSSR count). The number of likely N-dealkylation sites (tertiary alicyclic amines) is 1. The van der Waals surface area contributed by atoms with Crippen LogP contribution in [0.15, 0.2) is 36.4 Å². The first kappa shape index (κ1) is 19.7. The number of hydrogen-bond donors (Lipinski definition) is 2. The van der Waals surface area contributed by atoms with Crippen LogP contribution < -0.4 is 10.2 Å². The summed E-state index contributed by atoms with van der Waals surface area (Å²) in [7, 11) is 6.41. The van der Waals surface area contributed by atoms with Gasteiger partial charge in [-0.3, -0.25) is 0 Å². The number of hydrogen-bond acceptors (Lipinski definition) is 4. The number of benzene rings is 2. The van der Waals surface area contributed by atoms with Crippen molar-refractivity contribution in [1.29, 1.82) is 0 Å². The average molecular weight is 406 g/mol. The Morgan fingerprint density at radius 1 is 1.07 bits per heavy atom. The van der Waals surface area contributed by atoms with E-state index in [2.05, 4.69) is 53.4 Å². The molecule has 1 saturated carbocycles. The number of phenols is 1. The highest BCUT2D eigenvalue weighted by molar-refractivity contribution is 5.78. The number of aromatic hydroxyl groups is 1. The summed E-state index contributed by atoms with van der Waals surface area (Å²) in [5.41, 5.74) is 6.33. The molecule has 4 heteroatoms. The lowest BCUT2D eigenvalue weighted by Gasteiger charge is -2.65. The Morgan fingerprint density at radius 2 is 1.83 bits per heavy atom. The fraction of sp³-hybridized carbons (Fsp3) is 0.538. The van der Waals surface area contributed by atoms with E-state index in [0.29, 0.717) is 17.2 Å². The summed E-state index contributed by atoms with van der Waals surface area (Å²) in [6, 6.07) is 13.2. The number of piperidine rings is 1. The van der Waals surface area contributed by atoms with Gasteiger partial charge in [-0.2, -0.15) is 0 Å². The normalized spacial score (nSPS) is 30.3. The zero-order valence-electron chi connectivity index (χ0n) is 18.8. The number of phenolic OH excluding ortho intramolecular Hbond substituents is 1. The Labute approximate surface area is 180 Å². The predicted molar refractivity (Wildman–Crippen MR) is 125 cm³/mol. The van der Waals surface area contributed by atoms with Crippen LogP contribution in [0.1, 0.15) is 50.2 Å². The molecule has 0 radical (unpaired) electrons. The van der Waals surface area contributed by atoms with E-state index in [0.717, 1.165) is 30.0 Å². The molecule has 2 aliphatic carbocycles. The third-order valence-corrected chi connectivity index (χ3v) is 8.61. The monoisotopic (exact) mass is 405 g/mol. The molecular formula is C26H35N3O. The summed E-state index contributed by atoms with van der Waals surface area (Å²) in [4.78, 5) is 4.71. The van der Waals surface area contributed by atoms with Crippen LogP contribution in [0.5, 0.6) is 5.75 Å². The molecule has 0 spiro atoms. The minimum atomic E-state index is 0.216. The number of anilines is 3. The summed E-state index contributed by atoms with van der Waals surface area (Å²) < 4.78 is 0. The average Bonchev–Trinajstić information content (AvgIpc) is 2.72. The second-order valence-corrected chi connectivity index (χ2v) is 10.2. The standard InChI is InChI=1S/C26H35N3O/c1-25-11-7-8-12-26(25)13-14-29(4)24(25)16-18-15-21(23(30)17-19(18)26)27-20-9-5-6-10-22(20)28(2)3/h5-6,9-10,15,17,24,27,30H,7-8,11-14,16H2,1-4H3/t24-,25+,26+/m0/s1. The molecule has 2 N–H and O–H groups in total. The van der Waals surface area contributed by atoms with Gasteiger partial charge < -0.3 is 20.2 Å². The van der Waals surface area contributed by atoms with Crippen LogP contribution >= 0.6 is 0 Å². The van der Waals surface area contributed by atoms with Gasteiger partial charge in [0.1, 0.15) is 5.75 Å². The Balaban J connectivity index is 1.60. The van der Waals surface area contributed by atoms with Crippen molar-refractivity contribution >= 4 is 17.1 Å². The SMILES string of the molecule is CN(C)c1ccccc1Nc1cc2c(cc1O)[C@]13CCCC[C@]1(C)[C@H](C2)N(C)CC3. The van der Waals surface area contributed by atoms with Crippen LogP contribution in [0.25, 0.3) is 0 Å². The molecule has 4 nitrogen and oxygen atoms in total. The van der Waals surface area contributed by atoms with E-state index >= 15 is 0 Å². The number of fused-ring (bicyclic) bond motifs is 1. The fourth-order valence-electron chi connectivity index (χ4n) is 6.98. The molecule has 0 amide bonds. The van der Waals surface area contributed by atoms with E-state index in [1.54, 1.807) is 0 Å². The van der Waals surface area contributed by atoms with Crippen molar-refractivity contribution in [3.8, 4) is 5.75 Å². The van der Waals surface area contributed by atoms with Crippen molar-refractivity contribution in [2.24, 2.45) is 5.41 Å². The van der Waals surface area contributed by atoms with Gasteiger partial charge in [-0.05, 0) is 80.1 Å². The number of nitrogens with zero attached hydrogens (tertiary/aromatic N) is 2. The predicted octanol–water partition coefficient (Wildman–Crippen LogP) is 5.28. The van der Waals surface area contributed by atoms with Gasteiger partial charge in [-0.15, -0.1) is 0 Å². The van der Waals surface area contributed by atoms with E-state index in [9.17, 15) is 5.11 Å². The van der Waals surface area contributed by atoms with Crippen LogP contribution in [0, 0.1) is 5.41 Å². The third kappa shape index (κ3) is 2.69. The van der Waals surface area contributed by atoms with Gasteiger partial charge in [0.2, 0.25) is 0 Å². The van der Waals surface area contributed by atoms with Crippen LogP contribution in [-0.4, -0.2) is 43.7 Å². The molecule has 2 aromatic rings. The Hall–Kier alpha value is -2.20. The van der Waals surface area contributed by atoms with E-state index < -0.39 is 0 Å². The second-order valence-electron chi connectivity index (χ2n) is 10.2. The Bertz CT molecular complexity index is 971. The molecule has 0 unspecified atom stereocenters. The summed E-state index contributed by atoms with van der Waals surface area (Å²) in [5, 5.41) is 14.6. The molecule has 160 valence electrons. The maximum absolute atomic E-state index is 11.1. The molecule has 2 bridgehead atoms. The summed E-state index contributed by atoms with van der Waals surface area (Å²) in [6.45, 7) is 3.70. The smallest absolute Gasteiger partial charge is 0.139 e. The lowest BCUT2D eigenvalue weighted by Crippen LogP contribution is -2.66. The zero-order valence-corrected chi connectivity index (χ0v) is 18.8. The van der Waals surface area contributed by atoms with E-state index in [-0.39, 0.29) is 5.41 Å². The van der Waals surface area contributed by atoms with Crippen molar-refractivity contribution in [1.82, 2.24) is 4.90 Å². The molecule has 30 heavy (non-hydrogen) atoms. The quantitative estimate of drug-likeness (QED) is 0.682. The van der Waals surface area contributed by atoms with Crippen LogP contribution in [0.3, 0.4) is 0 Å². The first-order chi connectivity index (χ1) is 14.4. The van der Waals surface area contributed by atoms with Gasteiger partial charge in [-0.1, -0.05) is 31.9 Å². The maximum Gasteiger partial charge on any atom is 0.139 e. The topological polar surface area (TPSA) is 38.7 Å².